The molecule has 0 spiro atoms. The maximum atomic E-state index is 10.2. The number of hydrogen-bond donors (Lipinski definition) is 2. The maximum absolute atomic E-state index is 10.2. The van der Waals surface area contributed by atoms with E-state index in [1.807, 2.05) is 18.2 Å². The van der Waals surface area contributed by atoms with Gasteiger partial charge in [-0.05, 0) is 24.3 Å². The van der Waals surface area contributed by atoms with Crippen LogP contribution in [0.4, 0.5) is 0 Å². The standard InChI is InChI=1S/C15H10N2O3.C2H4O2/c18-12-7-14-13(19-8-20-14)6-10(12)15-9-2-1-4-16-11(9)3-5-17-15;1-2(3)4/h1-7,18H,8H2;1H3,(H,3,4). The van der Waals surface area contributed by atoms with Crippen molar-refractivity contribution in [2.75, 3.05) is 6.79 Å². The van der Waals surface area contributed by atoms with Gasteiger partial charge in [0, 0.05) is 36.3 Å². The van der Waals surface area contributed by atoms with Crippen LogP contribution in [0, 0.1) is 0 Å². The van der Waals surface area contributed by atoms with Gasteiger partial charge in [0.05, 0.1) is 11.2 Å². The number of aromatic hydroxyl groups is 1. The molecule has 7 nitrogen and oxygen atoms in total. The summed E-state index contributed by atoms with van der Waals surface area (Å²) in [5.41, 5.74) is 2.11. The zero-order valence-electron chi connectivity index (χ0n) is 12.8. The van der Waals surface area contributed by atoms with E-state index < -0.39 is 5.97 Å². The van der Waals surface area contributed by atoms with Crippen molar-refractivity contribution in [2.45, 2.75) is 6.92 Å². The van der Waals surface area contributed by atoms with Gasteiger partial charge in [-0.2, -0.15) is 0 Å². The fraction of sp³-hybridized carbons (Fsp3) is 0.118. The van der Waals surface area contributed by atoms with Gasteiger partial charge >= 0.3 is 0 Å². The highest BCUT2D eigenvalue weighted by Gasteiger charge is 2.19. The second-order valence-electron chi connectivity index (χ2n) is 4.97. The first kappa shape index (κ1) is 15.5. The van der Waals surface area contributed by atoms with Crippen LogP contribution in [-0.2, 0) is 4.79 Å². The van der Waals surface area contributed by atoms with Crippen molar-refractivity contribution in [1.29, 1.82) is 0 Å². The molecule has 122 valence electrons. The summed E-state index contributed by atoms with van der Waals surface area (Å²) in [4.78, 5) is 17.7. The van der Waals surface area contributed by atoms with Crippen molar-refractivity contribution in [3.8, 4) is 28.5 Å². The van der Waals surface area contributed by atoms with E-state index in [4.69, 9.17) is 19.4 Å². The molecule has 0 saturated carbocycles. The summed E-state index contributed by atoms with van der Waals surface area (Å²) in [6.07, 6.45) is 3.40. The average molecular weight is 326 g/mol. The van der Waals surface area contributed by atoms with Crippen molar-refractivity contribution in [2.24, 2.45) is 0 Å². The van der Waals surface area contributed by atoms with Gasteiger partial charge in [-0.25, -0.2) is 0 Å². The molecule has 0 aliphatic carbocycles. The Kier molecular flexibility index (Phi) is 4.15. The fourth-order valence-corrected chi connectivity index (χ4v) is 2.34. The number of carboxylic acid groups (broad SMARTS) is 1. The number of benzene rings is 1. The molecule has 0 fully saturated rings. The summed E-state index contributed by atoms with van der Waals surface area (Å²) in [6, 6.07) is 8.90. The van der Waals surface area contributed by atoms with E-state index in [-0.39, 0.29) is 12.5 Å². The minimum atomic E-state index is -0.833. The molecule has 3 aromatic rings. The Morgan fingerprint density at radius 2 is 1.83 bits per heavy atom. The molecule has 1 aliphatic heterocycles. The maximum Gasteiger partial charge on any atom is 0.300 e. The molecule has 1 aliphatic rings. The molecule has 1 aromatic carbocycles. The molecule has 2 aromatic heterocycles. The molecule has 24 heavy (non-hydrogen) atoms. The largest absolute Gasteiger partial charge is 0.507 e. The molecule has 2 N–H and O–H groups in total. The van der Waals surface area contributed by atoms with Crippen LogP contribution in [0.5, 0.6) is 17.2 Å². The molecule has 0 amide bonds. The predicted octanol–water partition coefficient (Wildman–Crippen LogP) is 2.82. The number of nitrogens with zero attached hydrogens (tertiary/aromatic N) is 2. The zero-order valence-corrected chi connectivity index (χ0v) is 12.8. The van der Waals surface area contributed by atoms with Gasteiger partial charge in [0.15, 0.2) is 11.5 Å². The Labute approximate surface area is 137 Å². The van der Waals surface area contributed by atoms with E-state index in [0.29, 0.717) is 22.8 Å². The Morgan fingerprint density at radius 3 is 2.58 bits per heavy atom. The number of carbonyl (C=O) groups is 1. The number of aliphatic carboxylic acids is 1. The summed E-state index contributed by atoms with van der Waals surface area (Å²) in [5, 5.41) is 18.5. The fourth-order valence-electron chi connectivity index (χ4n) is 2.34. The molecule has 3 heterocycles. The summed E-state index contributed by atoms with van der Waals surface area (Å²) < 4.78 is 10.6. The van der Waals surface area contributed by atoms with Crippen LogP contribution in [-0.4, -0.2) is 32.9 Å². The molecular formula is C17H14N2O5. The number of hydrogen-bond acceptors (Lipinski definition) is 6. The number of carboxylic acids is 1. The molecule has 0 atom stereocenters. The van der Waals surface area contributed by atoms with Crippen LogP contribution in [0.15, 0.2) is 42.7 Å². The molecule has 0 saturated heterocycles. The van der Waals surface area contributed by atoms with E-state index in [2.05, 4.69) is 9.97 Å². The van der Waals surface area contributed by atoms with Crippen LogP contribution < -0.4 is 9.47 Å². The highest BCUT2D eigenvalue weighted by molar-refractivity contribution is 5.94. The van der Waals surface area contributed by atoms with Crippen LogP contribution in [0.3, 0.4) is 0 Å². The number of pyridine rings is 2. The Balaban J connectivity index is 0.000000383. The van der Waals surface area contributed by atoms with Gasteiger partial charge in [0.1, 0.15) is 5.75 Å². The van der Waals surface area contributed by atoms with Gasteiger partial charge in [0.2, 0.25) is 6.79 Å². The topological polar surface area (TPSA) is 102 Å². The Morgan fingerprint density at radius 1 is 1.12 bits per heavy atom. The molecule has 7 heteroatoms. The minimum absolute atomic E-state index is 0.109. The second kappa shape index (κ2) is 6.41. The van der Waals surface area contributed by atoms with E-state index >= 15 is 0 Å². The number of aromatic nitrogens is 2. The van der Waals surface area contributed by atoms with E-state index in [1.165, 1.54) is 0 Å². The van der Waals surface area contributed by atoms with Gasteiger partial charge in [-0.15, -0.1) is 0 Å². The third-order valence-corrected chi connectivity index (χ3v) is 3.28. The number of rotatable bonds is 1. The first-order valence-corrected chi connectivity index (χ1v) is 7.08. The van der Waals surface area contributed by atoms with Crippen molar-refractivity contribution >= 4 is 16.9 Å². The van der Waals surface area contributed by atoms with E-state index in [9.17, 15) is 5.11 Å². The van der Waals surface area contributed by atoms with E-state index in [1.54, 1.807) is 24.5 Å². The summed E-state index contributed by atoms with van der Waals surface area (Å²) in [6.45, 7) is 1.25. The number of phenols is 1. The lowest BCUT2D eigenvalue weighted by Crippen LogP contribution is -1.92. The molecule has 0 radical (unpaired) electrons. The van der Waals surface area contributed by atoms with Gasteiger partial charge < -0.3 is 19.7 Å². The van der Waals surface area contributed by atoms with E-state index in [0.717, 1.165) is 17.8 Å². The minimum Gasteiger partial charge on any atom is -0.507 e. The third-order valence-electron chi connectivity index (χ3n) is 3.28. The predicted molar refractivity (Wildman–Crippen MR) is 86.1 cm³/mol. The van der Waals surface area contributed by atoms with Gasteiger partial charge in [0.25, 0.3) is 5.97 Å². The lowest BCUT2D eigenvalue weighted by atomic mass is 10.0. The SMILES string of the molecule is CC(=O)O.Oc1cc2c(cc1-c1nccc3ncccc13)OCO2. The third kappa shape index (κ3) is 3.05. The lowest BCUT2D eigenvalue weighted by Gasteiger charge is -2.08. The number of fused-ring (bicyclic) bond motifs is 2. The summed E-state index contributed by atoms with van der Waals surface area (Å²) >= 11 is 0. The smallest absolute Gasteiger partial charge is 0.300 e. The van der Waals surface area contributed by atoms with Crippen LogP contribution in [0.2, 0.25) is 0 Å². The normalized spacial score (nSPS) is 11.7. The highest BCUT2D eigenvalue weighted by Crippen LogP contribution is 2.42. The molecule has 4 rings (SSSR count). The first-order valence-electron chi connectivity index (χ1n) is 7.08. The quantitative estimate of drug-likeness (QED) is 0.709. The van der Waals surface area contributed by atoms with Crippen molar-refractivity contribution in [1.82, 2.24) is 9.97 Å². The lowest BCUT2D eigenvalue weighted by molar-refractivity contribution is -0.134. The van der Waals surface area contributed by atoms with Crippen LogP contribution >= 0.6 is 0 Å². The molecule has 0 bridgehead atoms. The Bertz CT molecular complexity index is 901. The molecule has 0 unspecified atom stereocenters. The first-order chi connectivity index (χ1) is 11.6. The van der Waals surface area contributed by atoms with Crippen molar-refractivity contribution in [3.05, 3.63) is 42.7 Å². The van der Waals surface area contributed by atoms with Gasteiger partial charge in [-0.1, -0.05) is 0 Å². The summed E-state index contributed by atoms with van der Waals surface area (Å²) in [5.74, 6) is 0.434. The number of phenolic OH excluding ortho intramolecular Hbond substituents is 1. The Hall–Kier alpha value is -3.35. The van der Waals surface area contributed by atoms with Crippen LogP contribution in [0.25, 0.3) is 22.2 Å². The molecular weight excluding hydrogens is 312 g/mol. The highest BCUT2D eigenvalue weighted by atomic mass is 16.7. The zero-order chi connectivity index (χ0) is 17.1. The average Bonchev–Trinajstić information content (AvgIpc) is 3.00. The van der Waals surface area contributed by atoms with Crippen LogP contribution in [0.1, 0.15) is 6.92 Å². The monoisotopic (exact) mass is 326 g/mol. The number of ether oxygens (including phenoxy) is 2. The van der Waals surface area contributed by atoms with Crippen molar-refractivity contribution < 1.29 is 24.5 Å². The summed E-state index contributed by atoms with van der Waals surface area (Å²) in [7, 11) is 0. The second-order valence-corrected chi connectivity index (χ2v) is 4.97. The van der Waals surface area contributed by atoms with Crippen molar-refractivity contribution in [3.63, 3.8) is 0 Å². The van der Waals surface area contributed by atoms with Gasteiger partial charge in [-0.3, -0.25) is 14.8 Å².